The van der Waals surface area contributed by atoms with E-state index in [2.05, 4.69) is 64.0 Å². The van der Waals surface area contributed by atoms with E-state index < -0.39 is 0 Å². The number of thiocarbonyl (C=S) groups is 2. The summed E-state index contributed by atoms with van der Waals surface area (Å²) in [5.74, 6) is 1.74. The Morgan fingerprint density at radius 3 is 1.59 bits per heavy atom. The first kappa shape index (κ1) is 50.3. The van der Waals surface area contributed by atoms with Gasteiger partial charge in [-0.1, -0.05) is 0 Å². The first-order valence-corrected chi connectivity index (χ1v) is 25.1. The molecular formula is C53H59N15O3S2. The van der Waals surface area contributed by atoms with Crippen LogP contribution in [0.1, 0.15) is 51.3 Å². The summed E-state index contributed by atoms with van der Waals surface area (Å²) < 4.78 is 11.2. The molecular weight excluding hydrogens is 959 g/mol. The summed E-state index contributed by atoms with van der Waals surface area (Å²) in [6, 6.07) is 32.3. The van der Waals surface area contributed by atoms with Crippen molar-refractivity contribution in [2.75, 3.05) is 94.0 Å². The van der Waals surface area contributed by atoms with Crippen molar-refractivity contribution < 1.29 is 14.3 Å². The number of carbonyl (C=O) groups is 1. The van der Waals surface area contributed by atoms with Gasteiger partial charge in [0.25, 0.3) is 5.91 Å². The number of morpholine rings is 2. The van der Waals surface area contributed by atoms with Crippen molar-refractivity contribution in [1.29, 1.82) is 10.8 Å². The third kappa shape index (κ3) is 13.5. The minimum absolute atomic E-state index is 0.00931. The standard InChI is InChI=1S/C53H59N15O3S2/c1-65(35-36-33-46(58-34-36)50(67-27-31-71-32-28-67)64-48(55)38-6-12-41(13-7-38)60-53(73)62-43-16-21-56-22-17-43)44-18-23-68(24-19-44)51(69)39-8-14-42(15-9-39)61-52(72)59-40-10-4-37(5-11-40)47(54)63-49(45-3-2-20-57-45)66-25-29-70-30-26-66/h2-17,20-22,33-34,44,54-55,57-58H,18-19,23-32,35H2,1H3,(H2,59,61,72)(H2,56,60,62,73)/b54-47?,55-48?,63-49+,64-50+. The van der Waals surface area contributed by atoms with E-state index in [0.717, 1.165) is 64.9 Å². The zero-order valence-electron chi connectivity index (χ0n) is 40.6. The lowest BCUT2D eigenvalue weighted by Crippen LogP contribution is -2.45. The molecule has 0 bridgehead atoms. The number of aromatic nitrogens is 3. The Kier molecular flexibility index (Phi) is 16.7. The van der Waals surface area contributed by atoms with Gasteiger partial charge in [-0.2, -0.15) is 0 Å². The molecule has 18 nitrogen and oxygen atoms in total. The highest BCUT2D eigenvalue weighted by Gasteiger charge is 2.27. The van der Waals surface area contributed by atoms with Crippen LogP contribution in [0.4, 0.5) is 22.7 Å². The van der Waals surface area contributed by atoms with E-state index in [1.165, 1.54) is 0 Å². The lowest BCUT2D eigenvalue weighted by atomic mass is 10.0. The number of nitrogens with zero attached hydrogens (tertiary/aromatic N) is 7. The molecule has 376 valence electrons. The van der Waals surface area contributed by atoms with Gasteiger partial charge in [0, 0.05) is 116 Å². The molecule has 6 aromatic rings. The number of benzene rings is 3. The Morgan fingerprint density at radius 1 is 0.644 bits per heavy atom. The van der Waals surface area contributed by atoms with Crippen LogP contribution in [-0.2, 0) is 16.0 Å². The number of aromatic amines is 2. The van der Waals surface area contributed by atoms with Crippen molar-refractivity contribution in [2.45, 2.75) is 25.4 Å². The summed E-state index contributed by atoms with van der Waals surface area (Å²) >= 11 is 11.1. The highest BCUT2D eigenvalue weighted by Crippen LogP contribution is 2.23. The molecule has 1 amide bonds. The van der Waals surface area contributed by atoms with Gasteiger partial charge >= 0.3 is 0 Å². The summed E-state index contributed by atoms with van der Waals surface area (Å²) in [7, 11) is 2.14. The van der Waals surface area contributed by atoms with Crippen molar-refractivity contribution in [3.63, 3.8) is 0 Å². The monoisotopic (exact) mass is 1020 g/mol. The summed E-state index contributed by atoms with van der Waals surface area (Å²) in [5, 5.41) is 31.3. The van der Waals surface area contributed by atoms with Crippen molar-refractivity contribution in [3.05, 3.63) is 162 Å². The van der Waals surface area contributed by atoms with E-state index >= 15 is 0 Å². The topological polar surface area (TPSA) is 214 Å². The third-order valence-corrected chi connectivity index (χ3v) is 13.3. The van der Waals surface area contributed by atoms with Crippen LogP contribution in [0.5, 0.6) is 0 Å². The molecule has 3 fully saturated rings. The molecule has 0 aliphatic carbocycles. The molecule has 8 N–H and O–H groups in total. The lowest BCUT2D eigenvalue weighted by Gasteiger charge is -2.36. The number of piperidine rings is 1. The van der Waals surface area contributed by atoms with Gasteiger partial charge in [-0.3, -0.25) is 25.5 Å². The molecule has 0 spiro atoms. The SMILES string of the molecule is CN(Cc1c[nH]c(/C(=N\C(=N)c2ccc(NC(=S)Nc3ccncc3)cc2)N2CCOCC2)c1)C1CCN(C(=O)c2ccc(NC(=S)Nc3ccc(C(=N)/N=C(\c4ccc[nH]4)N4CCOCC4)cc3)cc2)CC1. The molecule has 6 heterocycles. The minimum Gasteiger partial charge on any atom is -0.378 e. The predicted octanol–water partition coefficient (Wildman–Crippen LogP) is 7.30. The van der Waals surface area contributed by atoms with Gasteiger partial charge in [-0.05, 0) is 153 Å². The van der Waals surface area contributed by atoms with Crippen LogP contribution in [-0.4, -0.2) is 153 Å². The second-order valence-electron chi connectivity index (χ2n) is 17.8. The number of anilines is 4. The lowest BCUT2D eigenvalue weighted by molar-refractivity contribution is 0.0639. The first-order valence-electron chi connectivity index (χ1n) is 24.3. The smallest absolute Gasteiger partial charge is 0.253 e. The van der Waals surface area contributed by atoms with Gasteiger partial charge in [-0.15, -0.1) is 0 Å². The van der Waals surface area contributed by atoms with E-state index in [9.17, 15) is 4.79 Å². The van der Waals surface area contributed by atoms with Gasteiger partial charge in [0.05, 0.1) is 37.8 Å². The summed E-state index contributed by atoms with van der Waals surface area (Å²) in [6.07, 6.45) is 8.98. The Morgan fingerprint density at radius 2 is 1.11 bits per heavy atom. The third-order valence-electron chi connectivity index (χ3n) is 12.8. The highest BCUT2D eigenvalue weighted by molar-refractivity contribution is 7.81. The maximum absolute atomic E-state index is 13.7. The van der Waals surface area contributed by atoms with E-state index in [4.69, 9.17) is 54.7 Å². The number of likely N-dealkylation sites (tertiary alicyclic amines) is 1. The number of aliphatic imine (C=N–C) groups is 2. The van der Waals surface area contributed by atoms with Crippen molar-refractivity contribution in [3.8, 4) is 0 Å². The molecule has 0 unspecified atom stereocenters. The Bertz CT molecular complexity index is 2910. The minimum atomic E-state index is 0.00931. The van der Waals surface area contributed by atoms with Gasteiger partial charge in [-0.25, -0.2) is 9.98 Å². The summed E-state index contributed by atoms with van der Waals surface area (Å²) in [5.41, 5.74) is 7.95. The fourth-order valence-electron chi connectivity index (χ4n) is 8.87. The maximum Gasteiger partial charge on any atom is 0.253 e. The second kappa shape index (κ2) is 24.2. The van der Waals surface area contributed by atoms with Crippen molar-refractivity contribution in [1.82, 2.24) is 34.6 Å². The van der Waals surface area contributed by atoms with E-state index in [1.54, 1.807) is 12.4 Å². The number of hydrogen-bond donors (Lipinski definition) is 8. The second-order valence-corrected chi connectivity index (χ2v) is 18.7. The zero-order chi connectivity index (χ0) is 50.5. The number of amides is 1. The first-order chi connectivity index (χ1) is 35.6. The van der Waals surface area contributed by atoms with Crippen LogP contribution in [0.15, 0.2) is 138 Å². The maximum atomic E-state index is 13.7. The Hall–Kier alpha value is -7.62. The van der Waals surface area contributed by atoms with Gasteiger partial charge < -0.3 is 55.4 Å². The van der Waals surface area contributed by atoms with E-state index in [0.29, 0.717) is 104 Å². The van der Waals surface area contributed by atoms with Crippen molar-refractivity contribution in [2.24, 2.45) is 9.98 Å². The van der Waals surface area contributed by atoms with Crippen LogP contribution >= 0.6 is 24.4 Å². The molecule has 20 heteroatoms. The number of hydrogen-bond acceptors (Lipinski definition) is 9. The van der Waals surface area contributed by atoms with E-state index in [-0.39, 0.29) is 17.6 Å². The number of amidine groups is 4. The highest BCUT2D eigenvalue weighted by atomic mass is 32.1. The Labute approximate surface area is 435 Å². The van der Waals surface area contributed by atoms with Gasteiger partial charge in [0.15, 0.2) is 33.6 Å². The quantitative estimate of drug-likeness (QED) is 0.0344. The molecule has 9 rings (SSSR count). The Balaban J connectivity index is 0.737. The number of H-pyrrole nitrogens is 2. The number of carbonyl (C=O) groups excluding carboxylic acids is 1. The average molecular weight is 1020 g/mol. The molecule has 0 radical (unpaired) electrons. The van der Waals surface area contributed by atoms with Gasteiger partial charge in [0.1, 0.15) is 0 Å². The molecule has 0 saturated carbocycles. The predicted molar refractivity (Wildman–Crippen MR) is 297 cm³/mol. The fourth-order valence-corrected chi connectivity index (χ4v) is 9.34. The average Bonchev–Trinajstić information content (AvgIpc) is 4.14. The number of ether oxygens (including phenoxy) is 2. The molecule has 3 aliphatic heterocycles. The molecule has 3 aromatic heterocycles. The van der Waals surface area contributed by atoms with Crippen LogP contribution in [0.25, 0.3) is 0 Å². The van der Waals surface area contributed by atoms with Gasteiger partial charge in [0.2, 0.25) is 0 Å². The number of nitrogens with one attached hydrogen (secondary N) is 8. The molecule has 3 saturated heterocycles. The molecule has 3 aliphatic rings. The van der Waals surface area contributed by atoms with Crippen LogP contribution in [0.2, 0.25) is 0 Å². The largest absolute Gasteiger partial charge is 0.378 e. The van der Waals surface area contributed by atoms with Crippen LogP contribution in [0, 0.1) is 10.8 Å². The van der Waals surface area contributed by atoms with Crippen LogP contribution in [0.3, 0.4) is 0 Å². The molecule has 3 aromatic carbocycles. The normalized spacial score (nSPS) is 15.7. The molecule has 0 atom stereocenters. The van der Waals surface area contributed by atoms with E-state index in [1.807, 2.05) is 114 Å². The molecule has 73 heavy (non-hydrogen) atoms. The summed E-state index contributed by atoms with van der Waals surface area (Å²) in [4.78, 5) is 42.6. The van der Waals surface area contributed by atoms with Crippen molar-refractivity contribution >= 4 is 86.7 Å². The zero-order valence-corrected chi connectivity index (χ0v) is 42.2. The number of pyridine rings is 1. The summed E-state index contributed by atoms with van der Waals surface area (Å²) in [6.45, 7) is 7.22. The fraction of sp³-hybridized carbons (Fsp3) is 0.283. The van der Waals surface area contributed by atoms with Crippen LogP contribution < -0.4 is 21.3 Å². The number of rotatable bonds is 12.